The van der Waals surface area contributed by atoms with Crippen molar-refractivity contribution in [1.82, 2.24) is 4.98 Å². The van der Waals surface area contributed by atoms with Gasteiger partial charge in [-0.2, -0.15) is 0 Å². The van der Waals surface area contributed by atoms with Crippen LogP contribution < -0.4 is 0 Å². The number of nitrogens with zero attached hydrogens (tertiary/aromatic N) is 1. The predicted octanol–water partition coefficient (Wildman–Crippen LogP) is 11.3. The smallest absolute Gasteiger partial charge is 0.0869 e. The molecule has 0 unspecified atom stereocenters. The molecule has 212 valence electrons. The van der Waals surface area contributed by atoms with Gasteiger partial charge in [-0.3, -0.25) is 0 Å². The first-order chi connectivity index (χ1) is 20.1. The first-order valence-electron chi connectivity index (χ1n) is 15.1. The summed E-state index contributed by atoms with van der Waals surface area (Å²) in [6.45, 7) is 4.48. The molecule has 0 aliphatic heterocycles. The van der Waals surface area contributed by atoms with Gasteiger partial charge in [0.05, 0.1) is 17.0 Å². The molecule has 0 amide bonds. The minimum atomic E-state index is 0.605. The Hall–Kier alpha value is -3.15. The van der Waals surface area contributed by atoms with Crippen LogP contribution in [0.15, 0.2) is 54.6 Å². The summed E-state index contributed by atoms with van der Waals surface area (Å²) in [7, 11) is 0. The summed E-state index contributed by atoms with van der Waals surface area (Å²) in [6, 6.07) is 17.7. The highest BCUT2D eigenvalue weighted by molar-refractivity contribution is 6.30. The quantitative estimate of drug-likeness (QED) is 0.144. The van der Waals surface area contributed by atoms with E-state index in [1.807, 2.05) is 48.5 Å². The largest absolute Gasteiger partial charge is 0.246 e. The van der Waals surface area contributed by atoms with Crippen LogP contribution >= 0.6 is 23.2 Å². The standard InChI is InChI=1S/C38H41Cl2N/c1-3-5-7-9-11-13-15-17-19-21-36-33(20-18-16-14-12-10-8-6-4-2)30-37(31-22-26-34(39)27-23-31)41-38(36)32-24-28-35(40)29-25-32/h22-30H,3-14,20H2,1-2H3. The van der Waals surface area contributed by atoms with Crippen molar-refractivity contribution in [3.8, 4) is 58.0 Å². The van der Waals surface area contributed by atoms with Gasteiger partial charge in [0.2, 0.25) is 0 Å². The van der Waals surface area contributed by atoms with E-state index >= 15 is 0 Å². The molecule has 3 heteroatoms. The topological polar surface area (TPSA) is 12.9 Å². The van der Waals surface area contributed by atoms with Gasteiger partial charge in [0, 0.05) is 40.4 Å². The lowest BCUT2D eigenvalue weighted by atomic mass is 9.96. The molecule has 3 aromatic rings. The van der Waals surface area contributed by atoms with E-state index in [1.54, 1.807) is 0 Å². The van der Waals surface area contributed by atoms with Crippen molar-refractivity contribution in [2.24, 2.45) is 0 Å². The zero-order chi connectivity index (χ0) is 29.1. The fraction of sp³-hybridized carbons (Fsp3) is 0.395. The first-order valence-corrected chi connectivity index (χ1v) is 15.9. The van der Waals surface area contributed by atoms with E-state index in [9.17, 15) is 0 Å². The third-order valence-corrected chi connectivity index (χ3v) is 7.42. The molecule has 3 rings (SSSR count). The molecule has 0 N–H and O–H groups in total. The molecule has 1 heterocycles. The Morgan fingerprint density at radius 2 is 1.17 bits per heavy atom. The molecule has 0 saturated carbocycles. The van der Waals surface area contributed by atoms with Gasteiger partial charge in [-0.25, -0.2) is 4.98 Å². The van der Waals surface area contributed by atoms with E-state index in [4.69, 9.17) is 28.2 Å². The van der Waals surface area contributed by atoms with Crippen LogP contribution in [0.5, 0.6) is 0 Å². The van der Waals surface area contributed by atoms with Crippen LogP contribution in [0.25, 0.3) is 22.5 Å². The fourth-order valence-electron chi connectivity index (χ4n) is 4.54. The van der Waals surface area contributed by atoms with Gasteiger partial charge >= 0.3 is 0 Å². The van der Waals surface area contributed by atoms with Gasteiger partial charge in [-0.1, -0.05) is 130 Å². The number of unbranched alkanes of at least 4 members (excludes halogenated alkanes) is 10. The normalized spacial score (nSPS) is 10.1. The maximum absolute atomic E-state index is 6.22. The Balaban J connectivity index is 1.96. The van der Waals surface area contributed by atoms with Crippen molar-refractivity contribution in [2.75, 3.05) is 0 Å². The van der Waals surface area contributed by atoms with Gasteiger partial charge in [-0.15, -0.1) is 5.92 Å². The molecule has 1 nitrogen and oxygen atoms in total. The van der Waals surface area contributed by atoms with Crippen LogP contribution in [0.2, 0.25) is 10.0 Å². The molecule has 0 spiro atoms. The lowest BCUT2D eigenvalue weighted by Crippen LogP contribution is -1.99. The maximum atomic E-state index is 6.22. The first kappa shape index (κ1) is 32.4. The van der Waals surface area contributed by atoms with Crippen molar-refractivity contribution in [3.05, 3.63) is 75.8 Å². The highest BCUT2D eigenvalue weighted by Crippen LogP contribution is 2.30. The van der Waals surface area contributed by atoms with Crippen LogP contribution in [-0.4, -0.2) is 4.98 Å². The Labute approximate surface area is 258 Å². The summed E-state index contributed by atoms with van der Waals surface area (Å²) in [4.78, 5) is 5.09. The molecular formula is C38H41Cl2N. The number of hydrogen-bond donors (Lipinski definition) is 0. The average molecular weight is 583 g/mol. The molecule has 0 saturated heterocycles. The number of hydrogen-bond acceptors (Lipinski definition) is 1. The molecule has 0 fully saturated rings. The molecule has 1 aromatic heterocycles. The Bertz CT molecular complexity index is 1400. The fourth-order valence-corrected chi connectivity index (χ4v) is 4.79. The predicted molar refractivity (Wildman–Crippen MR) is 178 cm³/mol. The van der Waals surface area contributed by atoms with Crippen molar-refractivity contribution in [3.63, 3.8) is 0 Å². The molecule has 0 aliphatic carbocycles. The van der Waals surface area contributed by atoms with Gasteiger partial charge in [-0.05, 0) is 60.6 Å². The van der Waals surface area contributed by atoms with Crippen molar-refractivity contribution in [1.29, 1.82) is 0 Å². The van der Waals surface area contributed by atoms with Crippen LogP contribution in [-0.2, 0) is 6.42 Å². The number of aromatic nitrogens is 1. The van der Waals surface area contributed by atoms with Crippen molar-refractivity contribution in [2.45, 2.75) is 97.3 Å². The summed E-state index contributed by atoms with van der Waals surface area (Å²) in [5.41, 5.74) is 5.58. The molecule has 41 heavy (non-hydrogen) atoms. The SMILES string of the molecule is CCCCCCCC#CC#Cc1c(CC#CCCCCCCC)cc(-c2ccc(Cl)cc2)nc1-c1ccc(Cl)cc1. The Morgan fingerprint density at radius 1 is 0.610 bits per heavy atom. The molecule has 2 aromatic carbocycles. The van der Waals surface area contributed by atoms with Crippen molar-refractivity contribution >= 4 is 23.2 Å². The molecule has 0 atom stereocenters. The summed E-state index contributed by atoms with van der Waals surface area (Å²) < 4.78 is 0. The van der Waals surface area contributed by atoms with Crippen LogP contribution in [0.1, 0.15) is 102 Å². The zero-order valence-corrected chi connectivity index (χ0v) is 26.1. The third kappa shape index (κ3) is 11.7. The zero-order valence-electron chi connectivity index (χ0n) is 24.6. The summed E-state index contributed by atoms with van der Waals surface area (Å²) in [6.07, 6.45) is 14.8. The molecule has 0 bridgehead atoms. The van der Waals surface area contributed by atoms with Crippen LogP contribution in [0.3, 0.4) is 0 Å². The van der Waals surface area contributed by atoms with Gasteiger partial charge in [0.15, 0.2) is 0 Å². The molecule has 0 aliphatic rings. The average Bonchev–Trinajstić information content (AvgIpc) is 2.98. The Kier molecular flexibility index (Phi) is 15.0. The second kappa shape index (κ2) is 19.1. The number of pyridine rings is 1. The van der Waals surface area contributed by atoms with Gasteiger partial charge in [0.25, 0.3) is 0 Å². The molecule has 0 radical (unpaired) electrons. The second-order valence-electron chi connectivity index (χ2n) is 10.3. The maximum Gasteiger partial charge on any atom is 0.0869 e. The van der Waals surface area contributed by atoms with E-state index < -0.39 is 0 Å². The highest BCUT2D eigenvalue weighted by atomic mass is 35.5. The van der Waals surface area contributed by atoms with Crippen LogP contribution in [0.4, 0.5) is 0 Å². The van der Waals surface area contributed by atoms with Crippen LogP contribution in [0, 0.1) is 35.5 Å². The summed E-state index contributed by atoms with van der Waals surface area (Å²) >= 11 is 12.4. The summed E-state index contributed by atoms with van der Waals surface area (Å²) in [5, 5.41) is 1.38. The second-order valence-corrected chi connectivity index (χ2v) is 11.2. The summed E-state index contributed by atoms with van der Waals surface area (Å²) in [5.74, 6) is 19.6. The molecular weight excluding hydrogens is 541 g/mol. The number of rotatable bonds is 13. The number of benzene rings is 2. The minimum absolute atomic E-state index is 0.605. The van der Waals surface area contributed by atoms with E-state index in [-0.39, 0.29) is 0 Å². The monoisotopic (exact) mass is 581 g/mol. The van der Waals surface area contributed by atoms with Crippen molar-refractivity contribution < 1.29 is 0 Å². The van der Waals surface area contributed by atoms with E-state index in [2.05, 4.69) is 55.4 Å². The van der Waals surface area contributed by atoms with Gasteiger partial charge in [0.1, 0.15) is 0 Å². The number of halogens is 2. The Morgan fingerprint density at radius 3 is 1.78 bits per heavy atom. The van der Waals surface area contributed by atoms with E-state index in [0.29, 0.717) is 16.5 Å². The van der Waals surface area contributed by atoms with E-state index in [0.717, 1.165) is 59.3 Å². The lowest BCUT2D eigenvalue weighted by molar-refractivity contribution is 0.641. The third-order valence-electron chi connectivity index (χ3n) is 6.91. The minimum Gasteiger partial charge on any atom is -0.246 e. The highest BCUT2D eigenvalue weighted by Gasteiger charge is 2.14. The lowest BCUT2D eigenvalue weighted by Gasteiger charge is -2.13. The van der Waals surface area contributed by atoms with E-state index in [1.165, 1.54) is 51.4 Å². The van der Waals surface area contributed by atoms with Gasteiger partial charge < -0.3 is 0 Å².